The summed E-state index contributed by atoms with van der Waals surface area (Å²) >= 11 is 1.69. The molecule has 0 bridgehead atoms. The molecule has 1 aliphatic heterocycles. The first-order valence-corrected chi connectivity index (χ1v) is 8.97. The maximum Gasteiger partial charge on any atom is 0.261 e. The van der Waals surface area contributed by atoms with E-state index in [1.165, 1.54) is 12.1 Å². The maximum atomic E-state index is 13.5. The van der Waals surface area contributed by atoms with Crippen LogP contribution in [0.15, 0.2) is 47.4 Å². The van der Waals surface area contributed by atoms with Crippen molar-refractivity contribution in [2.75, 3.05) is 5.75 Å². The molecule has 0 spiro atoms. The molecule has 0 aromatic heterocycles. The van der Waals surface area contributed by atoms with Gasteiger partial charge in [-0.15, -0.1) is 11.8 Å². The predicted molar refractivity (Wildman–Crippen MR) is 93.9 cm³/mol. The van der Waals surface area contributed by atoms with Gasteiger partial charge in [0.25, 0.3) is 5.91 Å². The number of hydrogen-bond donors (Lipinski definition) is 1. The molecule has 24 heavy (non-hydrogen) atoms. The highest BCUT2D eigenvalue weighted by Crippen LogP contribution is 2.36. The van der Waals surface area contributed by atoms with Crippen molar-refractivity contribution in [3.63, 3.8) is 0 Å². The number of nitrogens with one attached hydrogen (secondary N) is 1. The van der Waals surface area contributed by atoms with Gasteiger partial charge in [-0.05, 0) is 56.2 Å². The first kappa shape index (κ1) is 16.8. The van der Waals surface area contributed by atoms with Crippen molar-refractivity contribution in [2.24, 2.45) is 0 Å². The molecule has 2 atom stereocenters. The van der Waals surface area contributed by atoms with E-state index in [2.05, 4.69) is 5.32 Å². The van der Waals surface area contributed by atoms with Gasteiger partial charge in [-0.2, -0.15) is 0 Å². The molecule has 0 aliphatic carbocycles. The highest BCUT2D eigenvalue weighted by molar-refractivity contribution is 7.99. The summed E-state index contributed by atoms with van der Waals surface area (Å²) in [5, 5.41) is 2.99. The molecule has 2 aromatic carbocycles. The van der Waals surface area contributed by atoms with Crippen LogP contribution >= 0.6 is 11.8 Å². The average Bonchev–Trinajstić information content (AvgIpc) is 2.57. The lowest BCUT2D eigenvalue weighted by atomic mass is 10.0. The molecular formula is C19H20FNO2S. The van der Waals surface area contributed by atoms with Gasteiger partial charge in [-0.1, -0.05) is 17.7 Å². The largest absolute Gasteiger partial charge is 0.481 e. The Morgan fingerprint density at radius 1 is 1.29 bits per heavy atom. The first-order chi connectivity index (χ1) is 11.5. The van der Waals surface area contributed by atoms with E-state index < -0.39 is 6.10 Å². The Labute approximate surface area is 145 Å². The van der Waals surface area contributed by atoms with Gasteiger partial charge in [-0.25, -0.2) is 4.39 Å². The molecule has 3 nitrogen and oxygen atoms in total. The summed E-state index contributed by atoms with van der Waals surface area (Å²) in [5.74, 6) is 1.09. The van der Waals surface area contributed by atoms with Gasteiger partial charge in [0, 0.05) is 10.6 Å². The van der Waals surface area contributed by atoms with E-state index in [0.29, 0.717) is 5.75 Å². The molecule has 0 saturated carbocycles. The third-order valence-corrected chi connectivity index (χ3v) is 5.15. The van der Waals surface area contributed by atoms with Gasteiger partial charge in [0.1, 0.15) is 11.6 Å². The lowest BCUT2D eigenvalue weighted by molar-refractivity contribution is -0.128. The zero-order valence-corrected chi connectivity index (χ0v) is 14.5. The SMILES string of the molecule is Cc1ccc(OC(C)C(=O)NC2CCSc3ccc(F)cc32)cc1. The van der Waals surface area contributed by atoms with Crippen LogP contribution in [0.1, 0.15) is 30.5 Å². The van der Waals surface area contributed by atoms with Crippen molar-refractivity contribution in [3.05, 3.63) is 59.4 Å². The lowest BCUT2D eigenvalue weighted by Crippen LogP contribution is -2.39. The van der Waals surface area contributed by atoms with Crippen LogP contribution < -0.4 is 10.1 Å². The summed E-state index contributed by atoms with van der Waals surface area (Å²) in [7, 11) is 0. The number of benzene rings is 2. The van der Waals surface area contributed by atoms with E-state index >= 15 is 0 Å². The monoisotopic (exact) mass is 345 g/mol. The van der Waals surface area contributed by atoms with E-state index in [9.17, 15) is 9.18 Å². The fourth-order valence-corrected chi connectivity index (χ4v) is 3.78. The number of rotatable bonds is 4. The molecule has 1 amide bonds. The normalized spacial score (nSPS) is 17.7. The molecule has 3 rings (SSSR count). The highest BCUT2D eigenvalue weighted by atomic mass is 32.2. The minimum Gasteiger partial charge on any atom is -0.481 e. The minimum atomic E-state index is -0.612. The smallest absolute Gasteiger partial charge is 0.261 e. The van der Waals surface area contributed by atoms with Crippen molar-refractivity contribution in [1.82, 2.24) is 5.32 Å². The van der Waals surface area contributed by atoms with Crippen LogP contribution in [0.2, 0.25) is 0 Å². The Bertz CT molecular complexity index is 733. The molecule has 0 saturated heterocycles. The van der Waals surface area contributed by atoms with Crippen molar-refractivity contribution < 1.29 is 13.9 Å². The fourth-order valence-electron chi connectivity index (χ4n) is 2.68. The van der Waals surface area contributed by atoms with Gasteiger partial charge in [0.2, 0.25) is 0 Å². The Morgan fingerprint density at radius 3 is 2.79 bits per heavy atom. The number of amides is 1. The highest BCUT2D eigenvalue weighted by Gasteiger charge is 2.25. The Hall–Kier alpha value is -2.01. The number of fused-ring (bicyclic) bond motifs is 1. The van der Waals surface area contributed by atoms with E-state index in [1.807, 2.05) is 31.2 Å². The molecule has 2 aromatic rings. The number of carbonyl (C=O) groups excluding carboxylic acids is 1. The Balaban J connectivity index is 1.67. The molecule has 5 heteroatoms. The van der Waals surface area contributed by atoms with Gasteiger partial charge in [-0.3, -0.25) is 4.79 Å². The van der Waals surface area contributed by atoms with Gasteiger partial charge >= 0.3 is 0 Å². The van der Waals surface area contributed by atoms with E-state index in [1.54, 1.807) is 24.8 Å². The lowest BCUT2D eigenvalue weighted by Gasteiger charge is -2.27. The van der Waals surface area contributed by atoms with Crippen LogP contribution in [0.5, 0.6) is 5.75 Å². The van der Waals surface area contributed by atoms with E-state index in [0.717, 1.165) is 28.2 Å². The molecule has 1 aliphatic rings. The Kier molecular flexibility index (Phi) is 5.09. The van der Waals surface area contributed by atoms with Crippen LogP contribution in [0, 0.1) is 12.7 Å². The van der Waals surface area contributed by atoms with Crippen LogP contribution in [-0.4, -0.2) is 17.8 Å². The molecule has 0 fully saturated rings. The van der Waals surface area contributed by atoms with Crippen molar-refractivity contribution in [3.8, 4) is 5.75 Å². The summed E-state index contributed by atoms with van der Waals surface area (Å²) in [4.78, 5) is 13.5. The van der Waals surface area contributed by atoms with E-state index in [4.69, 9.17) is 4.74 Å². The fraction of sp³-hybridized carbons (Fsp3) is 0.316. The van der Waals surface area contributed by atoms with E-state index in [-0.39, 0.29) is 17.8 Å². The molecule has 2 unspecified atom stereocenters. The first-order valence-electron chi connectivity index (χ1n) is 7.99. The van der Waals surface area contributed by atoms with Crippen LogP contribution in [0.4, 0.5) is 4.39 Å². The van der Waals surface area contributed by atoms with Crippen molar-refractivity contribution in [2.45, 2.75) is 37.3 Å². The topological polar surface area (TPSA) is 38.3 Å². The third kappa shape index (κ3) is 3.90. The van der Waals surface area contributed by atoms with Gasteiger partial charge in [0.15, 0.2) is 6.10 Å². The number of halogens is 1. The van der Waals surface area contributed by atoms with Crippen molar-refractivity contribution in [1.29, 1.82) is 0 Å². The zero-order chi connectivity index (χ0) is 17.1. The van der Waals surface area contributed by atoms with Crippen LogP contribution in [0.25, 0.3) is 0 Å². The number of carbonyl (C=O) groups is 1. The molecule has 1 N–H and O–H groups in total. The van der Waals surface area contributed by atoms with Crippen LogP contribution in [-0.2, 0) is 4.79 Å². The minimum absolute atomic E-state index is 0.173. The molecule has 0 radical (unpaired) electrons. The second-order valence-corrected chi connectivity index (χ2v) is 7.09. The number of ether oxygens (including phenoxy) is 1. The standard InChI is InChI=1S/C19H20FNO2S/c1-12-3-6-15(7-4-12)23-13(2)19(22)21-17-9-10-24-18-8-5-14(20)11-16(17)18/h3-8,11,13,17H,9-10H2,1-2H3,(H,21,22). The summed E-state index contributed by atoms with van der Waals surface area (Å²) in [6.45, 7) is 3.72. The maximum absolute atomic E-state index is 13.5. The summed E-state index contributed by atoms with van der Waals surface area (Å²) in [6.07, 6.45) is 0.170. The summed E-state index contributed by atoms with van der Waals surface area (Å²) in [5.41, 5.74) is 1.99. The third-order valence-electron chi connectivity index (χ3n) is 4.03. The second kappa shape index (κ2) is 7.26. The van der Waals surface area contributed by atoms with Crippen LogP contribution in [0.3, 0.4) is 0 Å². The van der Waals surface area contributed by atoms with Gasteiger partial charge in [0.05, 0.1) is 6.04 Å². The number of thioether (sulfide) groups is 1. The quantitative estimate of drug-likeness (QED) is 0.900. The average molecular weight is 345 g/mol. The number of aryl methyl sites for hydroxylation is 1. The summed E-state index contributed by atoms with van der Waals surface area (Å²) in [6, 6.07) is 12.2. The Morgan fingerprint density at radius 2 is 2.04 bits per heavy atom. The predicted octanol–water partition coefficient (Wildman–Crippen LogP) is 4.25. The molecular weight excluding hydrogens is 325 g/mol. The van der Waals surface area contributed by atoms with Gasteiger partial charge < -0.3 is 10.1 Å². The molecule has 126 valence electrons. The zero-order valence-electron chi connectivity index (χ0n) is 13.7. The summed E-state index contributed by atoms with van der Waals surface area (Å²) < 4.78 is 19.2. The molecule has 1 heterocycles. The number of hydrogen-bond acceptors (Lipinski definition) is 3. The second-order valence-electron chi connectivity index (χ2n) is 5.95. The van der Waals surface area contributed by atoms with Crippen molar-refractivity contribution >= 4 is 17.7 Å².